The van der Waals surface area contributed by atoms with Gasteiger partial charge in [0.2, 0.25) is 5.91 Å². The molecule has 0 saturated carbocycles. The Balaban J connectivity index is 1.41. The van der Waals surface area contributed by atoms with Crippen LogP contribution in [0.15, 0.2) is 54.6 Å². The fraction of sp³-hybridized carbons (Fsp3) is 0.364. The van der Waals surface area contributed by atoms with Gasteiger partial charge in [-0.3, -0.25) is 9.59 Å². The van der Waals surface area contributed by atoms with Crippen molar-refractivity contribution in [3.8, 4) is 0 Å². The van der Waals surface area contributed by atoms with Gasteiger partial charge < -0.3 is 15.0 Å². The van der Waals surface area contributed by atoms with Crippen LogP contribution >= 0.6 is 0 Å². The first kappa shape index (κ1) is 19.1. The maximum absolute atomic E-state index is 12.5. The van der Waals surface area contributed by atoms with E-state index in [1.54, 1.807) is 0 Å². The molecule has 1 N–H and O–H groups in total. The fourth-order valence-corrected chi connectivity index (χ4v) is 3.15. The van der Waals surface area contributed by atoms with E-state index in [0.29, 0.717) is 44.6 Å². The molecule has 1 saturated heterocycles. The predicted octanol–water partition coefficient (Wildman–Crippen LogP) is 3.11. The van der Waals surface area contributed by atoms with Crippen LogP contribution in [-0.4, -0.2) is 43.0 Å². The third kappa shape index (κ3) is 5.41. The van der Waals surface area contributed by atoms with Gasteiger partial charge in [-0.15, -0.1) is 0 Å². The molecule has 2 aromatic carbocycles. The predicted molar refractivity (Wildman–Crippen MR) is 104 cm³/mol. The number of hydrogen-bond donors (Lipinski definition) is 1. The van der Waals surface area contributed by atoms with Crippen molar-refractivity contribution in [3.05, 3.63) is 71.3 Å². The summed E-state index contributed by atoms with van der Waals surface area (Å²) >= 11 is 0. The molecule has 2 amide bonds. The van der Waals surface area contributed by atoms with E-state index < -0.39 is 0 Å². The second-order valence-electron chi connectivity index (χ2n) is 6.84. The van der Waals surface area contributed by atoms with Crippen molar-refractivity contribution in [1.29, 1.82) is 0 Å². The summed E-state index contributed by atoms with van der Waals surface area (Å²) in [5, 5.41) is 2.88. The van der Waals surface area contributed by atoms with Crippen molar-refractivity contribution in [3.63, 3.8) is 0 Å². The number of ether oxygens (including phenoxy) is 1. The maximum Gasteiger partial charge on any atom is 0.251 e. The number of nitrogens with zero attached hydrogens (tertiary/aromatic N) is 1. The summed E-state index contributed by atoms with van der Waals surface area (Å²) in [4.78, 5) is 26.4. The molecule has 1 unspecified atom stereocenters. The Morgan fingerprint density at radius 1 is 1.11 bits per heavy atom. The van der Waals surface area contributed by atoms with Crippen LogP contribution in [0.5, 0.6) is 0 Å². The topological polar surface area (TPSA) is 58.6 Å². The van der Waals surface area contributed by atoms with Gasteiger partial charge >= 0.3 is 0 Å². The van der Waals surface area contributed by atoms with E-state index in [1.165, 1.54) is 0 Å². The number of carbonyl (C=O) groups excluding carboxylic acids is 2. The van der Waals surface area contributed by atoms with E-state index in [2.05, 4.69) is 5.32 Å². The molecule has 5 heteroatoms. The van der Waals surface area contributed by atoms with Gasteiger partial charge in [0.15, 0.2) is 0 Å². The molecule has 0 spiro atoms. The van der Waals surface area contributed by atoms with Crippen LogP contribution in [0.4, 0.5) is 0 Å². The molecule has 2 aromatic rings. The lowest BCUT2D eigenvalue weighted by atomic mass is 10.1. The number of amides is 2. The molecule has 1 aliphatic heterocycles. The zero-order valence-electron chi connectivity index (χ0n) is 15.7. The van der Waals surface area contributed by atoms with Crippen molar-refractivity contribution < 1.29 is 14.3 Å². The van der Waals surface area contributed by atoms with Crippen LogP contribution < -0.4 is 5.32 Å². The van der Waals surface area contributed by atoms with Crippen LogP contribution in [0, 0.1) is 6.92 Å². The van der Waals surface area contributed by atoms with Gasteiger partial charge in [0.05, 0.1) is 13.2 Å². The lowest BCUT2D eigenvalue weighted by molar-refractivity contribution is -0.139. The average molecular weight is 366 g/mol. The SMILES string of the molecule is Cc1ccc(C(=O)NCCCC(=O)N2CCOC(c3ccccc3)C2)cc1. The van der Waals surface area contributed by atoms with Crippen LogP contribution in [0.25, 0.3) is 0 Å². The maximum atomic E-state index is 12.5. The number of rotatable bonds is 6. The second-order valence-corrected chi connectivity index (χ2v) is 6.84. The molecule has 0 aliphatic carbocycles. The standard InChI is InChI=1S/C22H26N2O3/c1-17-9-11-19(12-10-17)22(26)23-13-5-8-21(25)24-14-15-27-20(16-24)18-6-3-2-4-7-18/h2-4,6-7,9-12,20H,5,8,13-16H2,1H3,(H,23,26). The Bertz CT molecular complexity index is 759. The van der Waals surface area contributed by atoms with E-state index in [9.17, 15) is 9.59 Å². The van der Waals surface area contributed by atoms with Gasteiger partial charge in [-0.1, -0.05) is 48.0 Å². The van der Waals surface area contributed by atoms with E-state index in [4.69, 9.17) is 4.74 Å². The molecule has 142 valence electrons. The molecule has 3 rings (SSSR count). The number of hydrogen-bond acceptors (Lipinski definition) is 3. The van der Waals surface area contributed by atoms with Crippen molar-refractivity contribution in [1.82, 2.24) is 10.2 Å². The molecule has 0 bridgehead atoms. The normalized spacial score (nSPS) is 16.8. The second kappa shape index (κ2) is 9.33. The Hall–Kier alpha value is -2.66. The van der Waals surface area contributed by atoms with E-state index >= 15 is 0 Å². The van der Waals surface area contributed by atoms with Crippen molar-refractivity contribution in [2.45, 2.75) is 25.9 Å². The highest BCUT2D eigenvalue weighted by atomic mass is 16.5. The van der Waals surface area contributed by atoms with Gasteiger partial charge in [0, 0.05) is 25.1 Å². The van der Waals surface area contributed by atoms with Crippen LogP contribution in [0.3, 0.4) is 0 Å². The molecular weight excluding hydrogens is 340 g/mol. The molecule has 1 atom stereocenters. The summed E-state index contributed by atoms with van der Waals surface area (Å²) in [5.41, 5.74) is 2.86. The number of nitrogens with one attached hydrogen (secondary N) is 1. The van der Waals surface area contributed by atoms with Crippen molar-refractivity contribution in [2.75, 3.05) is 26.2 Å². The lowest BCUT2D eigenvalue weighted by Gasteiger charge is -2.33. The molecule has 27 heavy (non-hydrogen) atoms. The van der Waals surface area contributed by atoms with Crippen LogP contribution in [0.2, 0.25) is 0 Å². The summed E-state index contributed by atoms with van der Waals surface area (Å²) in [6, 6.07) is 17.5. The molecule has 1 heterocycles. The minimum Gasteiger partial charge on any atom is -0.370 e. The van der Waals surface area contributed by atoms with Gasteiger partial charge in [-0.2, -0.15) is 0 Å². The number of morpholine rings is 1. The average Bonchev–Trinajstić information content (AvgIpc) is 2.72. The van der Waals surface area contributed by atoms with Crippen LogP contribution in [-0.2, 0) is 9.53 Å². The molecule has 1 aliphatic rings. The zero-order valence-corrected chi connectivity index (χ0v) is 15.7. The number of carbonyl (C=O) groups is 2. The molecule has 5 nitrogen and oxygen atoms in total. The fourth-order valence-electron chi connectivity index (χ4n) is 3.15. The molecule has 1 fully saturated rings. The van der Waals surface area contributed by atoms with Gasteiger partial charge in [0.25, 0.3) is 5.91 Å². The van der Waals surface area contributed by atoms with Gasteiger partial charge in [-0.05, 0) is 31.0 Å². The quantitative estimate of drug-likeness (QED) is 0.799. The Kier molecular flexibility index (Phi) is 6.60. The minimum atomic E-state index is -0.0991. The zero-order chi connectivity index (χ0) is 19.1. The smallest absolute Gasteiger partial charge is 0.251 e. The number of benzene rings is 2. The third-order valence-electron chi connectivity index (χ3n) is 4.76. The first-order chi connectivity index (χ1) is 13.1. The Labute approximate surface area is 160 Å². The Morgan fingerprint density at radius 3 is 2.59 bits per heavy atom. The number of aryl methyl sites for hydroxylation is 1. The first-order valence-electron chi connectivity index (χ1n) is 9.42. The highest BCUT2D eigenvalue weighted by molar-refractivity contribution is 5.94. The van der Waals surface area contributed by atoms with E-state index in [1.807, 2.05) is 66.4 Å². The summed E-state index contributed by atoms with van der Waals surface area (Å²) in [6.45, 7) is 4.23. The van der Waals surface area contributed by atoms with Crippen molar-refractivity contribution >= 4 is 11.8 Å². The van der Waals surface area contributed by atoms with Crippen LogP contribution in [0.1, 0.15) is 40.4 Å². The van der Waals surface area contributed by atoms with Gasteiger partial charge in [0.1, 0.15) is 6.10 Å². The van der Waals surface area contributed by atoms with E-state index in [-0.39, 0.29) is 17.9 Å². The summed E-state index contributed by atoms with van der Waals surface area (Å²) in [6.07, 6.45) is 0.990. The van der Waals surface area contributed by atoms with E-state index in [0.717, 1.165) is 11.1 Å². The largest absolute Gasteiger partial charge is 0.370 e. The summed E-state index contributed by atoms with van der Waals surface area (Å²) in [5.74, 6) is 0.0155. The Morgan fingerprint density at radius 2 is 1.85 bits per heavy atom. The molecule has 0 aromatic heterocycles. The molecular formula is C22H26N2O3. The highest BCUT2D eigenvalue weighted by Crippen LogP contribution is 2.22. The monoisotopic (exact) mass is 366 g/mol. The lowest BCUT2D eigenvalue weighted by Crippen LogP contribution is -2.42. The minimum absolute atomic E-state index is 0.0647. The molecule has 0 radical (unpaired) electrons. The first-order valence-corrected chi connectivity index (χ1v) is 9.42. The summed E-state index contributed by atoms with van der Waals surface area (Å²) < 4.78 is 5.81. The highest BCUT2D eigenvalue weighted by Gasteiger charge is 2.24. The van der Waals surface area contributed by atoms with Gasteiger partial charge in [-0.25, -0.2) is 0 Å². The third-order valence-corrected chi connectivity index (χ3v) is 4.76. The van der Waals surface area contributed by atoms with Crippen molar-refractivity contribution in [2.24, 2.45) is 0 Å². The summed E-state index contributed by atoms with van der Waals surface area (Å²) in [7, 11) is 0.